The normalized spacial score (nSPS) is 10.2. The van der Waals surface area contributed by atoms with Crippen molar-refractivity contribution in [1.29, 1.82) is 0 Å². The highest BCUT2D eigenvalue weighted by Crippen LogP contribution is 2.29. The van der Waals surface area contributed by atoms with E-state index in [1.807, 2.05) is 42.5 Å². The first-order valence-corrected chi connectivity index (χ1v) is 7.26. The second kappa shape index (κ2) is 6.16. The molecule has 0 bridgehead atoms. The van der Waals surface area contributed by atoms with Gasteiger partial charge in [-0.3, -0.25) is 4.79 Å². The second-order valence-corrected chi connectivity index (χ2v) is 5.15. The summed E-state index contributed by atoms with van der Waals surface area (Å²) >= 11 is 10.7. The summed E-state index contributed by atoms with van der Waals surface area (Å²) < 4.78 is 0. The van der Waals surface area contributed by atoms with Gasteiger partial charge in [-0.15, -0.1) is 0 Å². The highest BCUT2D eigenvalue weighted by atomic mass is 35.5. The molecule has 0 spiro atoms. The minimum atomic E-state index is -0.443. The van der Waals surface area contributed by atoms with Crippen LogP contribution in [0.5, 0.6) is 0 Å². The first kappa shape index (κ1) is 14.5. The van der Waals surface area contributed by atoms with Crippen molar-refractivity contribution in [2.45, 2.75) is 0 Å². The third kappa shape index (κ3) is 2.68. The fourth-order valence-corrected chi connectivity index (χ4v) is 2.58. The molecule has 0 saturated heterocycles. The Morgan fingerprint density at radius 2 is 1.86 bits per heavy atom. The van der Waals surface area contributed by atoms with Crippen LogP contribution in [-0.4, -0.2) is 16.1 Å². The summed E-state index contributed by atoms with van der Waals surface area (Å²) in [6.07, 6.45) is 0. The fourth-order valence-electron chi connectivity index (χ4n) is 2.26. The number of hydrogen-bond acceptors (Lipinski definition) is 3. The average Bonchev–Trinajstić information content (AvgIpc) is 2.54. The van der Waals surface area contributed by atoms with E-state index in [9.17, 15) is 4.79 Å². The number of rotatable bonds is 2. The summed E-state index contributed by atoms with van der Waals surface area (Å²) in [5.41, 5.74) is 2.50. The molecule has 0 aliphatic heterocycles. The molecule has 0 unspecified atom stereocenters. The lowest BCUT2D eigenvalue weighted by molar-refractivity contribution is 0.101. The van der Waals surface area contributed by atoms with Gasteiger partial charge in [-0.2, -0.15) is 4.99 Å². The van der Waals surface area contributed by atoms with Crippen molar-refractivity contribution in [3.63, 3.8) is 0 Å². The van der Waals surface area contributed by atoms with Gasteiger partial charge >= 0.3 is 0 Å². The molecule has 5 heteroatoms. The summed E-state index contributed by atoms with van der Waals surface area (Å²) in [6, 6.07) is 16.4. The maximum Gasteiger partial charge on any atom is 0.286 e. The standard InChI is InChI=1S/C17H9ClN2OS/c18-14-7-3-1-6-12(14)16-9-13(17(21)19-10-22)11-5-2-4-8-15(11)20-16/h1-9H. The Bertz CT molecular complexity index is 933. The van der Waals surface area contributed by atoms with Gasteiger partial charge in [0.2, 0.25) is 0 Å². The van der Waals surface area contributed by atoms with Gasteiger partial charge in [0.05, 0.1) is 21.9 Å². The largest absolute Gasteiger partial charge is 0.286 e. The van der Waals surface area contributed by atoms with E-state index in [2.05, 4.69) is 27.4 Å². The molecule has 0 fully saturated rings. The number of isothiocyanates is 1. The zero-order valence-corrected chi connectivity index (χ0v) is 12.9. The number of benzene rings is 2. The van der Waals surface area contributed by atoms with Crippen LogP contribution in [0.25, 0.3) is 22.2 Å². The first-order valence-electron chi connectivity index (χ1n) is 6.47. The quantitative estimate of drug-likeness (QED) is 0.502. The van der Waals surface area contributed by atoms with Crippen LogP contribution >= 0.6 is 23.8 Å². The fraction of sp³-hybridized carbons (Fsp3) is 0. The summed E-state index contributed by atoms with van der Waals surface area (Å²) in [5, 5.41) is 3.40. The molecule has 3 nitrogen and oxygen atoms in total. The van der Waals surface area contributed by atoms with E-state index >= 15 is 0 Å². The van der Waals surface area contributed by atoms with E-state index in [-0.39, 0.29) is 0 Å². The third-order valence-electron chi connectivity index (χ3n) is 3.24. The van der Waals surface area contributed by atoms with Gasteiger partial charge in [-0.25, -0.2) is 4.98 Å². The lowest BCUT2D eigenvalue weighted by Crippen LogP contribution is -1.99. The molecule has 0 atom stereocenters. The van der Waals surface area contributed by atoms with Crippen molar-refractivity contribution in [3.05, 3.63) is 65.2 Å². The van der Waals surface area contributed by atoms with E-state index in [0.29, 0.717) is 21.8 Å². The van der Waals surface area contributed by atoms with Crippen molar-refractivity contribution in [2.24, 2.45) is 4.99 Å². The number of amides is 1. The monoisotopic (exact) mass is 324 g/mol. The molecule has 3 rings (SSSR count). The van der Waals surface area contributed by atoms with Crippen LogP contribution in [0.15, 0.2) is 59.6 Å². The highest BCUT2D eigenvalue weighted by Gasteiger charge is 2.14. The van der Waals surface area contributed by atoms with Gasteiger partial charge in [0.1, 0.15) is 0 Å². The van der Waals surface area contributed by atoms with E-state index in [1.165, 1.54) is 0 Å². The zero-order valence-electron chi connectivity index (χ0n) is 11.3. The summed E-state index contributed by atoms with van der Waals surface area (Å²) in [7, 11) is 0. The lowest BCUT2D eigenvalue weighted by atomic mass is 10.0. The zero-order chi connectivity index (χ0) is 15.5. The summed E-state index contributed by atoms with van der Waals surface area (Å²) in [5.74, 6) is -0.443. The number of nitrogens with zero attached hydrogens (tertiary/aromatic N) is 2. The molecule has 22 heavy (non-hydrogen) atoms. The Morgan fingerprint density at radius 3 is 2.64 bits per heavy atom. The number of halogens is 1. The van der Waals surface area contributed by atoms with Crippen molar-refractivity contribution in [1.82, 2.24) is 4.98 Å². The molecule has 0 aliphatic rings. The Hall–Kier alpha value is -2.39. The number of carbonyl (C=O) groups is 1. The average molecular weight is 325 g/mol. The Kier molecular flexibility index (Phi) is 4.07. The van der Waals surface area contributed by atoms with Crippen molar-refractivity contribution < 1.29 is 4.79 Å². The molecule has 0 radical (unpaired) electrons. The Morgan fingerprint density at radius 1 is 1.14 bits per heavy atom. The molecule has 106 valence electrons. The smallest absolute Gasteiger partial charge is 0.266 e. The Labute approximate surface area is 137 Å². The number of hydrogen-bond donors (Lipinski definition) is 0. The number of aromatic nitrogens is 1. The molecule has 1 amide bonds. The third-order valence-corrected chi connectivity index (χ3v) is 3.66. The highest BCUT2D eigenvalue weighted by molar-refractivity contribution is 7.78. The summed E-state index contributed by atoms with van der Waals surface area (Å²) in [4.78, 5) is 20.3. The van der Waals surface area contributed by atoms with Crippen LogP contribution in [-0.2, 0) is 0 Å². The molecule has 2 aromatic carbocycles. The van der Waals surface area contributed by atoms with Crippen LogP contribution in [0.2, 0.25) is 5.02 Å². The number of thiocarbonyl (C=S) groups is 1. The molecular formula is C17H9ClN2OS. The van der Waals surface area contributed by atoms with Crippen LogP contribution in [0.4, 0.5) is 0 Å². The predicted molar refractivity (Wildman–Crippen MR) is 91.5 cm³/mol. The molecule has 0 N–H and O–H groups in total. The predicted octanol–water partition coefficient (Wildman–Crippen LogP) is 4.80. The van der Waals surface area contributed by atoms with E-state index < -0.39 is 5.91 Å². The van der Waals surface area contributed by atoms with Crippen molar-refractivity contribution in [2.75, 3.05) is 0 Å². The minimum Gasteiger partial charge on any atom is -0.266 e. The second-order valence-electron chi connectivity index (χ2n) is 4.56. The lowest BCUT2D eigenvalue weighted by Gasteiger charge is -2.08. The number of para-hydroxylation sites is 1. The maximum atomic E-state index is 12.2. The van der Waals surface area contributed by atoms with E-state index in [0.717, 1.165) is 10.9 Å². The van der Waals surface area contributed by atoms with Gasteiger partial charge < -0.3 is 0 Å². The molecule has 0 saturated carbocycles. The molecular weight excluding hydrogens is 316 g/mol. The number of fused-ring (bicyclic) bond motifs is 1. The van der Waals surface area contributed by atoms with Gasteiger partial charge in [-0.05, 0) is 30.4 Å². The minimum absolute atomic E-state index is 0.429. The van der Waals surface area contributed by atoms with Crippen LogP contribution in [0.1, 0.15) is 10.4 Å². The maximum absolute atomic E-state index is 12.2. The van der Waals surface area contributed by atoms with Gasteiger partial charge in [0, 0.05) is 16.0 Å². The van der Waals surface area contributed by atoms with Crippen LogP contribution in [0.3, 0.4) is 0 Å². The number of carbonyl (C=O) groups excluding carboxylic acids is 1. The number of pyridine rings is 1. The van der Waals surface area contributed by atoms with Gasteiger partial charge in [-0.1, -0.05) is 48.0 Å². The Balaban J connectivity index is 2.32. The first-order chi connectivity index (χ1) is 10.7. The molecule has 1 heterocycles. The SMILES string of the molecule is O=C(N=C=S)c1cc(-c2ccccc2Cl)nc2ccccc12. The number of aliphatic imine (C=N–C) groups is 1. The summed E-state index contributed by atoms with van der Waals surface area (Å²) in [6.45, 7) is 0. The van der Waals surface area contributed by atoms with Gasteiger partial charge in [0.25, 0.3) is 5.91 Å². The van der Waals surface area contributed by atoms with Crippen LogP contribution < -0.4 is 0 Å². The van der Waals surface area contributed by atoms with Crippen LogP contribution in [0, 0.1) is 0 Å². The van der Waals surface area contributed by atoms with E-state index in [1.54, 1.807) is 12.1 Å². The van der Waals surface area contributed by atoms with E-state index in [4.69, 9.17) is 11.6 Å². The van der Waals surface area contributed by atoms with Crippen molar-refractivity contribution >= 4 is 45.8 Å². The van der Waals surface area contributed by atoms with Crippen molar-refractivity contribution in [3.8, 4) is 11.3 Å². The molecule has 0 aliphatic carbocycles. The van der Waals surface area contributed by atoms with Gasteiger partial charge in [0.15, 0.2) is 0 Å². The molecule has 1 aromatic heterocycles. The topological polar surface area (TPSA) is 42.3 Å². The molecule has 3 aromatic rings.